The second-order valence-electron chi connectivity index (χ2n) is 6.28. The number of anilines is 2. The molecule has 136 valence electrons. The molecule has 2 heterocycles. The highest BCUT2D eigenvalue weighted by Crippen LogP contribution is 2.42. The van der Waals surface area contributed by atoms with Gasteiger partial charge in [0, 0.05) is 30.3 Å². The van der Waals surface area contributed by atoms with E-state index in [9.17, 15) is 9.59 Å². The van der Waals surface area contributed by atoms with E-state index in [-0.39, 0.29) is 11.9 Å². The maximum Gasteiger partial charge on any atom is 0.321 e. The number of rotatable bonds is 4. The first-order valence-corrected chi connectivity index (χ1v) is 9.39. The van der Waals surface area contributed by atoms with Crippen molar-refractivity contribution >= 4 is 34.1 Å². The summed E-state index contributed by atoms with van der Waals surface area (Å²) in [5.41, 5.74) is 1.14. The largest absolute Gasteiger partial charge is 0.378 e. The molecular weight excluding hydrogens is 354 g/mol. The molecule has 1 aromatic heterocycles. The van der Waals surface area contributed by atoms with Gasteiger partial charge in [0.05, 0.1) is 13.2 Å². The van der Waals surface area contributed by atoms with Crippen molar-refractivity contribution in [2.75, 3.05) is 36.9 Å². The Labute approximate surface area is 154 Å². The average molecular weight is 373 g/mol. The number of urea groups is 1. The fraction of sp³-hybridized carbons (Fsp3) is 0.412. The Morgan fingerprint density at radius 3 is 2.50 bits per heavy atom. The summed E-state index contributed by atoms with van der Waals surface area (Å²) < 4.78 is 5.23. The number of hydrogen-bond acceptors (Lipinski definition) is 6. The molecule has 1 saturated carbocycles. The molecule has 1 saturated heterocycles. The monoisotopic (exact) mass is 373 g/mol. The number of aromatic nitrogens is 2. The second kappa shape index (κ2) is 7.38. The first-order chi connectivity index (χ1) is 12.7. The summed E-state index contributed by atoms with van der Waals surface area (Å²) in [5.74, 6) is 0.280. The molecule has 4 rings (SSSR count). The smallest absolute Gasteiger partial charge is 0.321 e. The van der Waals surface area contributed by atoms with E-state index >= 15 is 0 Å². The van der Waals surface area contributed by atoms with Crippen LogP contribution in [-0.4, -0.2) is 53.3 Å². The quantitative estimate of drug-likeness (QED) is 0.858. The summed E-state index contributed by atoms with van der Waals surface area (Å²) in [5, 5.41) is 15.2. The summed E-state index contributed by atoms with van der Waals surface area (Å²) in [6.45, 7) is 2.27. The third-order valence-corrected chi connectivity index (χ3v) is 5.29. The van der Waals surface area contributed by atoms with Crippen molar-refractivity contribution in [3.8, 4) is 0 Å². The van der Waals surface area contributed by atoms with Crippen LogP contribution in [0.2, 0.25) is 0 Å². The van der Waals surface area contributed by atoms with Gasteiger partial charge in [0.1, 0.15) is 5.01 Å². The van der Waals surface area contributed by atoms with Crippen molar-refractivity contribution in [3.05, 3.63) is 34.8 Å². The topological polar surface area (TPSA) is 96.4 Å². The molecule has 0 unspecified atom stereocenters. The fourth-order valence-electron chi connectivity index (χ4n) is 2.62. The molecule has 0 radical (unpaired) electrons. The lowest BCUT2D eigenvalue weighted by molar-refractivity contribution is 0.0564. The SMILES string of the molecule is O=C(Nc1nnc(C2CC2)s1)c1ccc(NC(=O)N2CCOCC2)cc1. The lowest BCUT2D eigenvalue weighted by atomic mass is 10.2. The van der Waals surface area contributed by atoms with Gasteiger partial charge < -0.3 is 15.0 Å². The summed E-state index contributed by atoms with van der Waals surface area (Å²) in [6, 6.07) is 6.61. The van der Waals surface area contributed by atoms with E-state index in [1.165, 1.54) is 11.3 Å². The van der Waals surface area contributed by atoms with Crippen LogP contribution in [0.25, 0.3) is 0 Å². The van der Waals surface area contributed by atoms with Gasteiger partial charge >= 0.3 is 6.03 Å². The molecule has 0 spiro atoms. The van der Waals surface area contributed by atoms with E-state index in [0.717, 1.165) is 17.8 Å². The van der Waals surface area contributed by atoms with Crippen LogP contribution in [0.5, 0.6) is 0 Å². The highest BCUT2D eigenvalue weighted by Gasteiger charge is 2.27. The summed E-state index contributed by atoms with van der Waals surface area (Å²) in [4.78, 5) is 26.2. The molecule has 1 aliphatic heterocycles. The summed E-state index contributed by atoms with van der Waals surface area (Å²) >= 11 is 1.43. The predicted molar refractivity (Wildman–Crippen MR) is 97.7 cm³/mol. The van der Waals surface area contributed by atoms with E-state index in [1.807, 2.05) is 0 Å². The Kier molecular flexibility index (Phi) is 4.81. The van der Waals surface area contributed by atoms with Gasteiger partial charge in [-0.3, -0.25) is 10.1 Å². The van der Waals surface area contributed by atoms with Crippen LogP contribution in [0.1, 0.15) is 34.1 Å². The lowest BCUT2D eigenvalue weighted by Crippen LogP contribution is -2.43. The Bertz CT molecular complexity index is 797. The van der Waals surface area contributed by atoms with E-state index in [1.54, 1.807) is 29.2 Å². The van der Waals surface area contributed by atoms with Crippen LogP contribution in [0.15, 0.2) is 24.3 Å². The van der Waals surface area contributed by atoms with Crippen molar-refractivity contribution in [1.82, 2.24) is 15.1 Å². The maximum absolute atomic E-state index is 12.3. The van der Waals surface area contributed by atoms with Crippen LogP contribution in [0, 0.1) is 0 Å². The Hall–Kier alpha value is -2.52. The number of morpholine rings is 1. The average Bonchev–Trinajstić information content (AvgIpc) is 3.42. The zero-order valence-electron chi connectivity index (χ0n) is 14.1. The van der Waals surface area contributed by atoms with Gasteiger partial charge in [-0.15, -0.1) is 10.2 Å². The van der Waals surface area contributed by atoms with Gasteiger partial charge in [-0.2, -0.15) is 0 Å². The number of carbonyl (C=O) groups excluding carboxylic acids is 2. The van der Waals surface area contributed by atoms with Gasteiger partial charge in [0.25, 0.3) is 5.91 Å². The number of carbonyl (C=O) groups is 2. The second-order valence-corrected chi connectivity index (χ2v) is 7.29. The van der Waals surface area contributed by atoms with Crippen LogP contribution in [0.3, 0.4) is 0 Å². The maximum atomic E-state index is 12.3. The molecule has 0 atom stereocenters. The van der Waals surface area contributed by atoms with Crippen LogP contribution in [-0.2, 0) is 4.74 Å². The summed E-state index contributed by atoms with van der Waals surface area (Å²) in [6.07, 6.45) is 2.31. The van der Waals surface area contributed by atoms with Gasteiger partial charge in [-0.1, -0.05) is 11.3 Å². The number of amides is 3. The van der Waals surface area contributed by atoms with Gasteiger partial charge in [-0.05, 0) is 37.1 Å². The minimum absolute atomic E-state index is 0.160. The molecule has 2 N–H and O–H groups in total. The van der Waals surface area contributed by atoms with E-state index in [0.29, 0.717) is 48.6 Å². The molecule has 2 aromatic rings. The third-order valence-electron chi connectivity index (χ3n) is 4.28. The van der Waals surface area contributed by atoms with Gasteiger partial charge in [0.2, 0.25) is 5.13 Å². The molecule has 0 bridgehead atoms. The molecule has 1 aromatic carbocycles. The van der Waals surface area contributed by atoms with Crippen molar-refractivity contribution in [2.45, 2.75) is 18.8 Å². The lowest BCUT2D eigenvalue weighted by Gasteiger charge is -2.26. The Morgan fingerprint density at radius 2 is 1.81 bits per heavy atom. The highest BCUT2D eigenvalue weighted by atomic mass is 32.1. The van der Waals surface area contributed by atoms with Gasteiger partial charge in [-0.25, -0.2) is 4.79 Å². The standard InChI is InChI=1S/C17H19N5O3S/c23-14(19-16-21-20-15(26-16)12-1-2-12)11-3-5-13(6-4-11)18-17(24)22-7-9-25-10-8-22/h3-6,12H,1-2,7-10H2,(H,18,24)(H,19,21,23). The molecule has 8 nitrogen and oxygen atoms in total. The molecule has 2 fully saturated rings. The number of nitrogens with one attached hydrogen (secondary N) is 2. The number of ether oxygens (including phenoxy) is 1. The van der Waals surface area contributed by atoms with E-state index < -0.39 is 0 Å². The van der Waals surface area contributed by atoms with Gasteiger partial charge in [0.15, 0.2) is 0 Å². The zero-order chi connectivity index (χ0) is 17.9. The van der Waals surface area contributed by atoms with Crippen molar-refractivity contribution in [1.29, 1.82) is 0 Å². The van der Waals surface area contributed by atoms with Crippen LogP contribution >= 0.6 is 11.3 Å². The van der Waals surface area contributed by atoms with E-state index in [4.69, 9.17) is 4.74 Å². The Morgan fingerprint density at radius 1 is 1.08 bits per heavy atom. The molecule has 1 aliphatic carbocycles. The molecule has 2 aliphatic rings. The van der Waals surface area contributed by atoms with Crippen molar-refractivity contribution < 1.29 is 14.3 Å². The van der Waals surface area contributed by atoms with Crippen LogP contribution in [0.4, 0.5) is 15.6 Å². The number of benzene rings is 1. The fourth-order valence-corrected chi connectivity index (χ4v) is 3.53. The van der Waals surface area contributed by atoms with Crippen molar-refractivity contribution in [2.24, 2.45) is 0 Å². The van der Waals surface area contributed by atoms with E-state index in [2.05, 4.69) is 20.8 Å². The number of hydrogen-bond donors (Lipinski definition) is 2. The minimum atomic E-state index is -0.241. The molecular formula is C17H19N5O3S. The summed E-state index contributed by atoms with van der Waals surface area (Å²) in [7, 11) is 0. The Balaban J connectivity index is 1.33. The molecule has 9 heteroatoms. The first kappa shape index (κ1) is 16.9. The normalized spacial score (nSPS) is 17.0. The third kappa shape index (κ3) is 4.00. The zero-order valence-corrected chi connectivity index (χ0v) is 14.9. The van der Waals surface area contributed by atoms with Crippen molar-refractivity contribution in [3.63, 3.8) is 0 Å². The predicted octanol–water partition coefficient (Wildman–Crippen LogP) is 2.53. The number of nitrogens with zero attached hydrogens (tertiary/aromatic N) is 3. The molecule has 26 heavy (non-hydrogen) atoms. The minimum Gasteiger partial charge on any atom is -0.378 e. The van der Waals surface area contributed by atoms with Crippen LogP contribution < -0.4 is 10.6 Å². The molecule has 3 amide bonds. The highest BCUT2D eigenvalue weighted by molar-refractivity contribution is 7.15. The first-order valence-electron chi connectivity index (χ1n) is 8.57.